The summed E-state index contributed by atoms with van der Waals surface area (Å²) in [6.45, 7) is 2.07. The van der Waals surface area contributed by atoms with Crippen molar-refractivity contribution < 1.29 is 14.3 Å². The molecule has 1 amide bonds. The molecule has 1 aliphatic heterocycles. The van der Waals surface area contributed by atoms with Crippen LogP contribution in [0.5, 0.6) is 11.5 Å². The zero-order chi connectivity index (χ0) is 15.1. The second-order valence-corrected chi connectivity index (χ2v) is 4.99. The van der Waals surface area contributed by atoms with E-state index in [1.54, 1.807) is 18.2 Å². The summed E-state index contributed by atoms with van der Waals surface area (Å²) in [5.41, 5.74) is 1.82. The minimum atomic E-state index is -0.254. The third-order valence-corrected chi connectivity index (χ3v) is 3.57. The van der Waals surface area contributed by atoms with Gasteiger partial charge < -0.3 is 19.2 Å². The van der Waals surface area contributed by atoms with Crippen molar-refractivity contribution >= 4 is 17.1 Å². The van der Waals surface area contributed by atoms with Crippen LogP contribution in [0.25, 0.3) is 5.52 Å². The summed E-state index contributed by atoms with van der Waals surface area (Å²) < 4.78 is 12.4. The van der Waals surface area contributed by atoms with Crippen LogP contribution in [0.3, 0.4) is 0 Å². The maximum absolute atomic E-state index is 12.5. The molecule has 4 rings (SSSR count). The lowest BCUT2D eigenvalue weighted by Crippen LogP contribution is -2.12. The number of ether oxygens (including phenoxy) is 2. The first-order chi connectivity index (χ1) is 10.7. The molecule has 22 heavy (non-hydrogen) atoms. The van der Waals surface area contributed by atoms with Gasteiger partial charge in [0.05, 0.1) is 5.52 Å². The molecule has 3 heterocycles. The molecule has 1 aromatic carbocycles. The maximum Gasteiger partial charge on any atom is 0.276 e. The van der Waals surface area contributed by atoms with E-state index in [-0.39, 0.29) is 12.7 Å². The van der Waals surface area contributed by atoms with Crippen molar-refractivity contribution in [1.82, 2.24) is 9.38 Å². The van der Waals surface area contributed by atoms with Crippen molar-refractivity contribution in [2.45, 2.75) is 6.92 Å². The van der Waals surface area contributed by atoms with Gasteiger partial charge in [0.2, 0.25) is 6.79 Å². The van der Waals surface area contributed by atoms with Crippen LogP contribution in [0.15, 0.2) is 42.6 Å². The Bertz CT molecular complexity index is 885. The molecule has 0 unspecified atom stereocenters. The minimum Gasteiger partial charge on any atom is -0.454 e. The first-order valence-corrected chi connectivity index (χ1v) is 6.87. The van der Waals surface area contributed by atoms with Crippen molar-refractivity contribution in [2.75, 3.05) is 12.1 Å². The first kappa shape index (κ1) is 12.7. The Morgan fingerprint density at radius 2 is 2.09 bits per heavy atom. The van der Waals surface area contributed by atoms with E-state index in [2.05, 4.69) is 10.3 Å². The van der Waals surface area contributed by atoms with Crippen molar-refractivity contribution in [1.29, 1.82) is 0 Å². The number of amides is 1. The standard InChI is InChI=1S/C16H13N3O3/c1-10-17-15(12-4-2-3-7-19(10)12)16(20)18-11-5-6-13-14(8-11)22-9-21-13/h2-8H,9H2,1H3,(H,18,20). The van der Waals surface area contributed by atoms with E-state index in [9.17, 15) is 4.79 Å². The summed E-state index contributed by atoms with van der Waals surface area (Å²) in [6, 6.07) is 10.9. The molecule has 3 aromatic rings. The van der Waals surface area contributed by atoms with Crippen LogP contribution < -0.4 is 14.8 Å². The van der Waals surface area contributed by atoms with Crippen LogP contribution in [-0.2, 0) is 0 Å². The van der Waals surface area contributed by atoms with Gasteiger partial charge in [-0.2, -0.15) is 0 Å². The van der Waals surface area contributed by atoms with E-state index >= 15 is 0 Å². The van der Waals surface area contributed by atoms with Crippen molar-refractivity contribution in [3.63, 3.8) is 0 Å². The molecule has 0 aliphatic carbocycles. The molecular weight excluding hydrogens is 282 g/mol. The lowest BCUT2D eigenvalue weighted by atomic mass is 10.2. The van der Waals surface area contributed by atoms with Gasteiger partial charge in [0.25, 0.3) is 5.91 Å². The largest absolute Gasteiger partial charge is 0.454 e. The third-order valence-electron chi connectivity index (χ3n) is 3.57. The molecule has 0 fully saturated rings. The smallest absolute Gasteiger partial charge is 0.276 e. The number of carbonyl (C=O) groups is 1. The fourth-order valence-electron chi connectivity index (χ4n) is 2.52. The molecule has 0 atom stereocenters. The highest BCUT2D eigenvalue weighted by atomic mass is 16.7. The summed E-state index contributed by atoms with van der Waals surface area (Å²) in [5.74, 6) is 1.83. The van der Waals surface area contributed by atoms with Gasteiger partial charge in [-0.15, -0.1) is 0 Å². The van der Waals surface area contributed by atoms with E-state index < -0.39 is 0 Å². The molecule has 0 saturated heterocycles. The van der Waals surface area contributed by atoms with Crippen LogP contribution in [0.4, 0.5) is 5.69 Å². The zero-order valence-corrected chi connectivity index (χ0v) is 11.9. The van der Waals surface area contributed by atoms with Gasteiger partial charge in [-0.3, -0.25) is 4.79 Å². The molecule has 1 aliphatic rings. The van der Waals surface area contributed by atoms with E-state index in [0.717, 1.165) is 11.3 Å². The third kappa shape index (κ3) is 1.96. The number of aromatic nitrogens is 2. The second-order valence-electron chi connectivity index (χ2n) is 4.99. The van der Waals surface area contributed by atoms with Gasteiger partial charge in [0.1, 0.15) is 5.82 Å². The van der Waals surface area contributed by atoms with Crippen molar-refractivity contribution in [3.8, 4) is 11.5 Å². The van der Waals surface area contributed by atoms with Gasteiger partial charge in [0.15, 0.2) is 17.2 Å². The predicted molar refractivity (Wildman–Crippen MR) is 80.4 cm³/mol. The number of benzene rings is 1. The number of rotatable bonds is 2. The summed E-state index contributed by atoms with van der Waals surface area (Å²) in [4.78, 5) is 16.8. The number of nitrogens with one attached hydrogen (secondary N) is 1. The Labute approximate surface area is 126 Å². The van der Waals surface area contributed by atoms with E-state index in [1.165, 1.54) is 0 Å². The lowest BCUT2D eigenvalue weighted by molar-refractivity contribution is 0.102. The molecule has 6 nitrogen and oxygen atoms in total. The minimum absolute atomic E-state index is 0.206. The quantitative estimate of drug-likeness (QED) is 0.789. The SMILES string of the molecule is Cc1nc(C(=O)Nc2ccc3c(c2)OCO3)c2ccccn12. The van der Waals surface area contributed by atoms with Crippen LogP contribution in [-0.4, -0.2) is 22.1 Å². The highest BCUT2D eigenvalue weighted by Gasteiger charge is 2.18. The molecule has 1 N–H and O–H groups in total. The Hall–Kier alpha value is -3.02. The molecule has 0 radical (unpaired) electrons. The summed E-state index contributed by atoms with van der Waals surface area (Å²) in [7, 11) is 0. The van der Waals surface area contributed by atoms with Crippen molar-refractivity contribution in [3.05, 3.63) is 54.1 Å². The first-order valence-electron chi connectivity index (χ1n) is 6.87. The number of hydrogen-bond donors (Lipinski definition) is 1. The summed E-state index contributed by atoms with van der Waals surface area (Å²) in [6.07, 6.45) is 1.88. The summed E-state index contributed by atoms with van der Waals surface area (Å²) >= 11 is 0. The van der Waals surface area contributed by atoms with Gasteiger partial charge in [-0.1, -0.05) is 6.07 Å². The molecule has 0 bridgehead atoms. The fourth-order valence-corrected chi connectivity index (χ4v) is 2.52. The van der Waals surface area contributed by atoms with Crippen LogP contribution in [0.2, 0.25) is 0 Å². The van der Waals surface area contributed by atoms with Gasteiger partial charge in [-0.25, -0.2) is 4.98 Å². The number of nitrogens with zero attached hydrogens (tertiary/aromatic N) is 2. The zero-order valence-electron chi connectivity index (χ0n) is 11.9. The fraction of sp³-hybridized carbons (Fsp3) is 0.125. The van der Waals surface area contributed by atoms with Crippen LogP contribution in [0, 0.1) is 6.92 Å². The maximum atomic E-state index is 12.5. The number of anilines is 1. The predicted octanol–water partition coefficient (Wildman–Crippen LogP) is 2.62. The second kappa shape index (κ2) is 4.77. The number of carbonyl (C=O) groups excluding carboxylic acids is 1. The Balaban J connectivity index is 1.66. The van der Waals surface area contributed by atoms with E-state index in [4.69, 9.17) is 9.47 Å². The molecular formula is C16H13N3O3. The summed E-state index contributed by atoms with van der Waals surface area (Å²) in [5, 5.41) is 2.84. The number of imidazole rings is 1. The van der Waals surface area contributed by atoms with Crippen LogP contribution in [0.1, 0.15) is 16.3 Å². The Morgan fingerprint density at radius 1 is 1.23 bits per heavy atom. The van der Waals surface area contributed by atoms with Gasteiger partial charge in [-0.05, 0) is 31.2 Å². The number of aryl methyl sites for hydroxylation is 1. The normalized spacial score (nSPS) is 12.6. The number of hydrogen-bond acceptors (Lipinski definition) is 4. The Kier molecular flexibility index (Phi) is 2.75. The molecule has 2 aromatic heterocycles. The number of pyridine rings is 1. The van der Waals surface area contributed by atoms with Crippen molar-refractivity contribution in [2.24, 2.45) is 0 Å². The average Bonchev–Trinajstić information content (AvgIpc) is 3.12. The lowest BCUT2D eigenvalue weighted by Gasteiger charge is -2.05. The highest BCUT2D eigenvalue weighted by Crippen LogP contribution is 2.34. The van der Waals surface area contributed by atoms with Gasteiger partial charge in [0, 0.05) is 18.0 Å². The van der Waals surface area contributed by atoms with E-state index in [1.807, 2.05) is 35.7 Å². The van der Waals surface area contributed by atoms with E-state index in [0.29, 0.717) is 22.9 Å². The molecule has 0 spiro atoms. The van der Waals surface area contributed by atoms with Crippen LogP contribution >= 0.6 is 0 Å². The average molecular weight is 295 g/mol. The highest BCUT2D eigenvalue weighted by molar-refractivity contribution is 6.07. The van der Waals surface area contributed by atoms with Gasteiger partial charge >= 0.3 is 0 Å². The number of fused-ring (bicyclic) bond motifs is 2. The topological polar surface area (TPSA) is 64.9 Å². The monoisotopic (exact) mass is 295 g/mol. The molecule has 110 valence electrons. The Morgan fingerprint density at radius 3 is 3.00 bits per heavy atom. The molecule has 0 saturated carbocycles. The molecule has 6 heteroatoms.